The van der Waals surface area contributed by atoms with Crippen LogP contribution in [0.1, 0.15) is 12.0 Å². The third-order valence-corrected chi connectivity index (χ3v) is 6.53. The summed E-state index contributed by atoms with van der Waals surface area (Å²) < 4.78 is 19.1. The maximum atomic E-state index is 11.7. The lowest BCUT2D eigenvalue weighted by Gasteiger charge is -2.12. The standard InChI is InChI=1S/C23H19N5O2S2/c1-28-14-17-10-16(13-25-22(17)27-28)20-11-18(15-6-4-3-5-7-15)19(12-24)23(26-20)31-21(32-29)8-9-30-2/h3-7,10-11,13-14H,8-9H2,1-2H3. The lowest BCUT2D eigenvalue weighted by atomic mass is 9.99. The predicted octanol–water partition coefficient (Wildman–Crippen LogP) is 4.04. The number of nitrogens with zero attached hydrogens (tertiary/aromatic N) is 5. The number of rotatable bonds is 6. The van der Waals surface area contributed by atoms with Crippen LogP contribution in [0.25, 0.3) is 33.4 Å². The molecule has 0 unspecified atom stereocenters. The molecule has 1 aromatic carbocycles. The summed E-state index contributed by atoms with van der Waals surface area (Å²) in [6.45, 7) is 0.423. The molecule has 3 aromatic heterocycles. The summed E-state index contributed by atoms with van der Waals surface area (Å²) in [6.07, 6.45) is 4.09. The summed E-state index contributed by atoms with van der Waals surface area (Å²) in [4.78, 5) is 9.22. The Hall–Kier alpha value is -3.32. The molecule has 9 heteroatoms. The van der Waals surface area contributed by atoms with Gasteiger partial charge >= 0.3 is 0 Å². The Morgan fingerprint density at radius 2 is 2.03 bits per heavy atom. The summed E-state index contributed by atoms with van der Waals surface area (Å²) in [7, 11) is 3.44. The highest BCUT2D eigenvalue weighted by Crippen LogP contribution is 2.35. The van der Waals surface area contributed by atoms with E-state index in [2.05, 4.69) is 16.2 Å². The molecular weight excluding hydrogens is 442 g/mol. The van der Waals surface area contributed by atoms with Crippen LogP contribution in [0, 0.1) is 11.3 Å². The van der Waals surface area contributed by atoms with Crippen LogP contribution in [0.3, 0.4) is 0 Å². The fourth-order valence-electron chi connectivity index (χ4n) is 3.27. The molecule has 4 aromatic rings. The summed E-state index contributed by atoms with van der Waals surface area (Å²) in [6, 6.07) is 15.9. The van der Waals surface area contributed by atoms with Crippen molar-refractivity contribution in [2.45, 2.75) is 11.4 Å². The Morgan fingerprint density at radius 3 is 2.75 bits per heavy atom. The Balaban J connectivity index is 1.89. The molecular formula is C23H19N5O2S2. The third-order valence-electron chi connectivity index (χ3n) is 4.77. The Kier molecular flexibility index (Phi) is 6.75. The molecule has 0 amide bonds. The third kappa shape index (κ3) is 4.62. The molecule has 160 valence electrons. The van der Waals surface area contributed by atoms with Crippen molar-refractivity contribution in [1.29, 1.82) is 5.26 Å². The molecule has 3 heterocycles. The van der Waals surface area contributed by atoms with Crippen LogP contribution < -0.4 is 0 Å². The van der Waals surface area contributed by atoms with Gasteiger partial charge in [0.1, 0.15) is 11.1 Å². The van der Waals surface area contributed by atoms with Gasteiger partial charge in [0, 0.05) is 49.5 Å². The number of pyridine rings is 2. The average Bonchev–Trinajstić information content (AvgIpc) is 3.20. The summed E-state index contributed by atoms with van der Waals surface area (Å²) in [5.41, 5.74) is 4.23. The summed E-state index contributed by atoms with van der Waals surface area (Å²) in [5.74, 6) is 0. The van der Waals surface area contributed by atoms with Crippen LogP contribution in [0.4, 0.5) is 0 Å². The molecule has 0 aliphatic carbocycles. The predicted molar refractivity (Wildman–Crippen MR) is 127 cm³/mol. The number of aromatic nitrogens is 4. The molecule has 7 nitrogen and oxygen atoms in total. The van der Waals surface area contributed by atoms with Gasteiger partial charge in [-0.15, -0.1) is 0 Å². The molecule has 0 bridgehead atoms. The second-order valence-corrected chi connectivity index (χ2v) is 8.95. The van der Waals surface area contributed by atoms with E-state index in [1.807, 2.05) is 55.7 Å². The first-order chi connectivity index (χ1) is 15.6. The zero-order valence-electron chi connectivity index (χ0n) is 17.5. The highest BCUT2D eigenvalue weighted by molar-refractivity contribution is 8.21. The molecule has 0 aliphatic heterocycles. The van der Waals surface area contributed by atoms with Crippen LogP contribution in [0.2, 0.25) is 0 Å². The monoisotopic (exact) mass is 461 g/mol. The largest absolute Gasteiger partial charge is 0.384 e. The zero-order chi connectivity index (χ0) is 22.5. The van der Waals surface area contributed by atoms with Gasteiger partial charge in [0.15, 0.2) is 5.65 Å². The van der Waals surface area contributed by atoms with Crippen LogP contribution >= 0.6 is 11.8 Å². The number of aryl methyl sites for hydroxylation is 1. The normalized spacial score (nSPS) is 10.8. The van der Waals surface area contributed by atoms with Crippen molar-refractivity contribution in [2.24, 2.45) is 7.05 Å². The fraction of sp³-hybridized carbons (Fsp3) is 0.174. The van der Waals surface area contributed by atoms with E-state index in [4.69, 9.17) is 9.72 Å². The maximum absolute atomic E-state index is 11.7. The van der Waals surface area contributed by atoms with E-state index in [1.165, 1.54) is 11.8 Å². The lowest BCUT2D eigenvalue weighted by Crippen LogP contribution is -2.02. The van der Waals surface area contributed by atoms with Gasteiger partial charge in [-0.25, -0.2) is 14.2 Å². The van der Waals surface area contributed by atoms with Gasteiger partial charge in [-0.3, -0.25) is 4.68 Å². The highest BCUT2D eigenvalue weighted by atomic mass is 32.2. The highest BCUT2D eigenvalue weighted by Gasteiger charge is 2.18. The molecule has 0 radical (unpaired) electrons. The second-order valence-electron chi connectivity index (χ2n) is 6.95. The van der Waals surface area contributed by atoms with E-state index in [-0.39, 0.29) is 0 Å². The first-order valence-corrected chi connectivity index (χ1v) is 11.3. The molecule has 0 aliphatic rings. The molecule has 0 spiro atoms. The van der Waals surface area contributed by atoms with Crippen molar-refractivity contribution in [1.82, 2.24) is 19.7 Å². The molecule has 0 N–H and O–H groups in total. The number of thioether (sulfide) groups is 1. The average molecular weight is 462 g/mol. The maximum Gasteiger partial charge on any atom is 0.181 e. The number of hydrogen-bond donors (Lipinski definition) is 0. The molecule has 0 fully saturated rings. The zero-order valence-corrected chi connectivity index (χ0v) is 19.1. The van der Waals surface area contributed by atoms with E-state index in [1.54, 1.807) is 18.0 Å². The number of fused-ring (bicyclic) bond motifs is 1. The fourth-order valence-corrected chi connectivity index (χ4v) is 4.61. The van der Waals surface area contributed by atoms with E-state index in [0.29, 0.717) is 50.4 Å². The number of nitriles is 1. The number of hydrogen-bond acceptors (Lipinski definition) is 7. The van der Waals surface area contributed by atoms with Crippen molar-refractivity contribution in [2.75, 3.05) is 13.7 Å². The van der Waals surface area contributed by atoms with Gasteiger partial charge in [-0.1, -0.05) is 42.1 Å². The number of ether oxygens (including phenoxy) is 1. The minimum Gasteiger partial charge on any atom is -0.384 e. The summed E-state index contributed by atoms with van der Waals surface area (Å²) in [5, 5.41) is 15.7. The number of methoxy groups -OCH3 is 1. The van der Waals surface area contributed by atoms with Crippen LogP contribution in [-0.4, -0.2) is 41.9 Å². The molecule has 32 heavy (non-hydrogen) atoms. The lowest BCUT2D eigenvalue weighted by molar-refractivity contribution is 0.208. The van der Waals surface area contributed by atoms with Gasteiger partial charge < -0.3 is 4.74 Å². The Bertz CT molecular complexity index is 1370. The van der Waals surface area contributed by atoms with Crippen LogP contribution in [0.5, 0.6) is 0 Å². The van der Waals surface area contributed by atoms with Crippen molar-refractivity contribution in [3.8, 4) is 28.5 Å². The van der Waals surface area contributed by atoms with Crippen molar-refractivity contribution >= 4 is 38.2 Å². The smallest absolute Gasteiger partial charge is 0.181 e. The minimum absolute atomic E-state index is 0.409. The van der Waals surface area contributed by atoms with E-state index < -0.39 is 0 Å². The Labute approximate surface area is 193 Å². The van der Waals surface area contributed by atoms with Gasteiger partial charge in [-0.2, -0.15) is 10.4 Å². The van der Waals surface area contributed by atoms with E-state index in [0.717, 1.165) is 22.1 Å². The van der Waals surface area contributed by atoms with E-state index in [9.17, 15) is 9.47 Å². The first-order valence-electron chi connectivity index (χ1n) is 9.75. The van der Waals surface area contributed by atoms with E-state index >= 15 is 0 Å². The Morgan fingerprint density at radius 1 is 1.22 bits per heavy atom. The number of benzene rings is 1. The quantitative estimate of drug-likeness (QED) is 0.316. The van der Waals surface area contributed by atoms with Crippen molar-refractivity contribution < 1.29 is 8.95 Å². The molecule has 0 saturated heterocycles. The van der Waals surface area contributed by atoms with Gasteiger partial charge in [-0.05, 0) is 17.7 Å². The first kappa shape index (κ1) is 21.9. The van der Waals surface area contributed by atoms with Gasteiger partial charge in [0.2, 0.25) is 0 Å². The molecule has 4 rings (SSSR count). The van der Waals surface area contributed by atoms with Crippen LogP contribution in [-0.2, 0) is 23.0 Å². The van der Waals surface area contributed by atoms with Crippen molar-refractivity contribution in [3.05, 3.63) is 60.4 Å². The van der Waals surface area contributed by atoms with Crippen molar-refractivity contribution in [3.63, 3.8) is 0 Å². The SMILES string of the molecule is COCCC(Sc1nc(-c2cnc3nn(C)cc3c2)cc(-c2ccccc2)c1C#N)=S=O. The molecule has 0 saturated carbocycles. The van der Waals surface area contributed by atoms with Crippen LogP contribution in [0.15, 0.2) is 59.9 Å². The van der Waals surface area contributed by atoms with Gasteiger partial charge in [0.25, 0.3) is 0 Å². The minimum atomic E-state index is 0.409. The summed E-state index contributed by atoms with van der Waals surface area (Å²) >= 11 is 1.63. The second kappa shape index (κ2) is 9.87. The molecule has 0 atom stereocenters. The topological polar surface area (TPSA) is 93.7 Å². The van der Waals surface area contributed by atoms with Gasteiger partial charge in [0.05, 0.1) is 33.3 Å².